The summed E-state index contributed by atoms with van der Waals surface area (Å²) in [4.78, 5) is 0. The highest BCUT2D eigenvalue weighted by Gasteiger charge is 2.33. The molecule has 2 saturated heterocycles. The molecule has 2 aliphatic rings. The van der Waals surface area contributed by atoms with E-state index in [0.717, 1.165) is 18.4 Å². The first-order valence-electron chi connectivity index (χ1n) is 4.70. The molecule has 3 atom stereocenters. The molecule has 2 rings (SSSR count). The maximum absolute atomic E-state index is 5.71. The van der Waals surface area contributed by atoms with Crippen molar-refractivity contribution in [1.82, 2.24) is 5.32 Å². The number of rotatable bonds is 0. The lowest BCUT2D eigenvalue weighted by atomic mass is 9.92. The highest BCUT2D eigenvalue weighted by molar-refractivity contribution is 4.84. The van der Waals surface area contributed by atoms with Crippen LogP contribution >= 0.6 is 0 Å². The van der Waals surface area contributed by atoms with Crippen LogP contribution in [-0.4, -0.2) is 25.8 Å². The minimum atomic E-state index is 0.560. The Morgan fingerprint density at radius 2 is 2.27 bits per heavy atom. The smallest absolute Gasteiger partial charge is 0.0642 e. The van der Waals surface area contributed by atoms with Crippen LogP contribution in [0.25, 0.3) is 0 Å². The highest BCUT2D eigenvalue weighted by Crippen LogP contribution is 2.29. The van der Waals surface area contributed by atoms with Gasteiger partial charge in [-0.05, 0) is 31.2 Å². The molecule has 0 aliphatic carbocycles. The van der Waals surface area contributed by atoms with E-state index in [4.69, 9.17) is 4.74 Å². The molecule has 0 spiro atoms. The van der Waals surface area contributed by atoms with Crippen molar-refractivity contribution in [1.29, 1.82) is 0 Å². The van der Waals surface area contributed by atoms with Gasteiger partial charge in [-0.1, -0.05) is 6.92 Å². The van der Waals surface area contributed by atoms with E-state index in [0.29, 0.717) is 6.10 Å². The van der Waals surface area contributed by atoms with Gasteiger partial charge < -0.3 is 10.1 Å². The first-order valence-corrected chi connectivity index (χ1v) is 4.70. The Labute approximate surface area is 68.3 Å². The molecule has 0 radical (unpaired) electrons. The standard InChI is InChI=1S/C9H17NO/c1-7-2-4-10-6-8-3-5-11-9(7)8/h7-10H,2-6H2,1H3. The van der Waals surface area contributed by atoms with E-state index in [1.54, 1.807) is 0 Å². The lowest BCUT2D eigenvalue weighted by molar-refractivity contribution is 0.0523. The quantitative estimate of drug-likeness (QED) is 0.564. The number of fused-ring (bicyclic) bond motifs is 1. The van der Waals surface area contributed by atoms with Gasteiger partial charge in [-0.2, -0.15) is 0 Å². The molecule has 3 unspecified atom stereocenters. The fraction of sp³-hybridized carbons (Fsp3) is 1.00. The van der Waals surface area contributed by atoms with Crippen LogP contribution < -0.4 is 5.32 Å². The summed E-state index contributed by atoms with van der Waals surface area (Å²) in [7, 11) is 0. The van der Waals surface area contributed by atoms with Crippen LogP contribution in [0.1, 0.15) is 19.8 Å². The second-order valence-electron chi connectivity index (χ2n) is 3.85. The van der Waals surface area contributed by atoms with Crippen LogP contribution in [0.4, 0.5) is 0 Å². The third-order valence-electron chi connectivity index (χ3n) is 3.01. The Hall–Kier alpha value is -0.0800. The second kappa shape index (κ2) is 3.11. The molecule has 0 aromatic carbocycles. The summed E-state index contributed by atoms with van der Waals surface area (Å²) < 4.78 is 5.71. The Morgan fingerprint density at radius 3 is 3.18 bits per heavy atom. The lowest BCUT2D eigenvalue weighted by Crippen LogP contribution is -2.26. The van der Waals surface area contributed by atoms with Crippen LogP contribution in [0.5, 0.6) is 0 Å². The van der Waals surface area contributed by atoms with Gasteiger partial charge in [0.25, 0.3) is 0 Å². The summed E-state index contributed by atoms with van der Waals surface area (Å²) in [6, 6.07) is 0. The maximum atomic E-state index is 5.71. The van der Waals surface area contributed by atoms with Gasteiger partial charge >= 0.3 is 0 Å². The van der Waals surface area contributed by atoms with Gasteiger partial charge in [0, 0.05) is 13.2 Å². The van der Waals surface area contributed by atoms with E-state index in [9.17, 15) is 0 Å². The largest absolute Gasteiger partial charge is 0.378 e. The monoisotopic (exact) mass is 155 g/mol. The predicted octanol–water partition coefficient (Wildman–Crippen LogP) is 1.02. The molecule has 1 N–H and O–H groups in total. The van der Waals surface area contributed by atoms with Crippen molar-refractivity contribution < 1.29 is 4.74 Å². The molecule has 2 nitrogen and oxygen atoms in total. The lowest BCUT2D eigenvalue weighted by Gasteiger charge is -2.20. The van der Waals surface area contributed by atoms with Crippen molar-refractivity contribution >= 4 is 0 Å². The van der Waals surface area contributed by atoms with Crippen molar-refractivity contribution in [3.8, 4) is 0 Å². The molecule has 64 valence electrons. The molecular weight excluding hydrogens is 138 g/mol. The van der Waals surface area contributed by atoms with E-state index < -0.39 is 0 Å². The van der Waals surface area contributed by atoms with Crippen molar-refractivity contribution in [2.75, 3.05) is 19.7 Å². The predicted molar refractivity (Wildman–Crippen MR) is 44.5 cm³/mol. The third kappa shape index (κ3) is 1.42. The average Bonchev–Trinajstić information content (AvgIpc) is 2.40. The van der Waals surface area contributed by atoms with Gasteiger partial charge in [0.05, 0.1) is 6.10 Å². The first kappa shape index (κ1) is 7.56. The zero-order chi connectivity index (χ0) is 7.68. The molecule has 0 saturated carbocycles. The second-order valence-corrected chi connectivity index (χ2v) is 3.85. The molecular formula is C9H17NO. The summed E-state index contributed by atoms with van der Waals surface area (Å²) in [5.74, 6) is 1.56. The molecule has 2 heterocycles. The molecule has 2 aliphatic heterocycles. The van der Waals surface area contributed by atoms with Crippen LogP contribution in [0, 0.1) is 11.8 Å². The Balaban J connectivity index is 2.03. The molecule has 11 heavy (non-hydrogen) atoms. The number of hydrogen-bond acceptors (Lipinski definition) is 2. The van der Waals surface area contributed by atoms with Crippen molar-refractivity contribution in [3.63, 3.8) is 0 Å². The Kier molecular flexibility index (Phi) is 2.14. The van der Waals surface area contributed by atoms with Crippen molar-refractivity contribution in [2.24, 2.45) is 11.8 Å². The summed E-state index contributed by atoms with van der Waals surface area (Å²) >= 11 is 0. The molecule has 0 amide bonds. The van der Waals surface area contributed by atoms with Gasteiger partial charge in [-0.15, -0.1) is 0 Å². The summed E-state index contributed by atoms with van der Waals surface area (Å²) in [5.41, 5.74) is 0. The minimum Gasteiger partial charge on any atom is -0.378 e. The van der Waals surface area contributed by atoms with Crippen molar-refractivity contribution in [3.05, 3.63) is 0 Å². The average molecular weight is 155 g/mol. The summed E-state index contributed by atoms with van der Waals surface area (Å²) in [6.45, 7) is 5.66. The van der Waals surface area contributed by atoms with Gasteiger partial charge in [0.1, 0.15) is 0 Å². The van der Waals surface area contributed by atoms with Crippen LogP contribution in [-0.2, 0) is 4.74 Å². The van der Waals surface area contributed by atoms with Crippen LogP contribution in [0.2, 0.25) is 0 Å². The van der Waals surface area contributed by atoms with Gasteiger partial charge in [-0.25, -0.2) is 0 Å². The molecule has 0 bridgehead atoms. The molecule has 2 fully saturated rings. The van der Waals surface area contributed by atoms with Gasteiger partial charge in [0.15, 0.2) is 0 Å². The van der Waals surface area contributed by atoms with E-state index in [1.165, 1.54) is 25.9 Å². The first-order chi connectivity index (χ1) is 5.38. The van der Waals surface area contributed by atoms with Crippen LogP contribution in [0.3, 0.4) is 0 Å². The fourth-order valence-electron chi connectivity index (χ4n) is 2.28. The van der Waals surface area contributed by atoms with Gasteiger partial charge in [0.2, 0.25) is 0 Å². The number of nitrogens with one attached hydrogen (secondary N) is 1. The Bertz CT molecular complexity index is 138. The number of hydrogen-bond donors (Lipinski definition) is 1. The summed E-state index contributed by atoms with van der Waals surface area (Å²) in [6.07, 6.45) is 3.10. The van der Waals surface area contributed by atoms with Gasteiger partial charge in [-0.3, -0.25) is 0 Å². The number of ether oxygens (including phenoxy) is 1. The van der Waals surface area contributed by atoms with Crippen molar-refractivity contribution in [2.45, 2.75) is 25.9 Å². The molecule has 0 aromatic heterocycles. The van der Waals surface area contributed by atoms with Crippen LogP contribution in [0.15, 0.2) is 0 Å². The SMILES string of the molecule is CC1CCNCC2CCOC12. The van der Waals surface area contributed by atoms with E-state index >= 15 is 0 Å². The molecule has 2 heteroatoms. The minimum absolute atomic E-state index is 0.560. The van der Waals surface area contributed by atoms with E-state index in [-0.39, 0.29) is 0 Å². The topological polar surface area (TPSA) is 21.3 Å². The normalized spacial score (nSPS) is 45.0. The zero-order valence-corrected chi connectivity index (χ0v) is 7.18. The maximum Gasteiger partial charge on any atom is 0.0642 e. The molecule has 0 aromatic rings. The van der Waals surface area contributed by atoms with E-state index in [1.807, 2.05) is 0 Å². The summed E-state index contributed by atoms with van der Waals surface area (Å²) in [5, 5.41) is 3.47. The third-order valence-corrected chi connectivity index (χ3v) is 3.01. The Morgan fingerprint density at radius 1 is 1.36 bits per heavy atom. The van der Waals surface area contributed by atoms with E-state index in [2.05, 4.69) is 12.2 Å². The highest BCUT2D eigenvalue weighted by atomic mass is 16.5. The zero-order valence-electron chi connectivity index (χ0n) is 7.18. The fourth-order valence-corrected chi connectivity index (χ4v) is 2.28.